The van der Waals surface area contributed by atoms with Crippen LogP contribution in [0.5, 0.6) is 11.5 Å². The highest BCUT2D eigenvalue weighted by Crippen LogP contribution is 2.51. The normalized spacial score (nSPS) is 15.2. The molecular weight excluding hydrogens is 889 g/mol. The quantitative estimate of drug-likeness (QED) is 0.0904. The Morgan fingerprint density at radius 1 is 0.630 bits per heavy atom. The van der Waals surface area contributed by atoms with Gasteiger partial charge < -0.3 is 14.5 Å². The van der Waals surface area contributed by atoms with Crippen LogP contribution in [0.15, 0.2) is 170 Å². The Morgan fingerprint density at radius 2 is 1.34 bits per heavy atom. The lowest BCUT2D eigenvalue weighted by molar-refractivity contribution is 0.482. The first-order chi connectivity index (χ1) is 40.2. The second-order valence-corrected chi connectivity index (χ2v) is 22.0. The zero-order chi connectivity index (χ0) is 61.3. The van der Waals surface area contributed by atoms with Crippen LogP contribution in [-0.4, -0.2) is 16.2 Å². The predicted molar refractivity (Wildman–Crippen MR) is 311 cm³/mol. The minimum absolute atomic E-state index is 0.0655. The molecule has 5 heteroatoms. The van der Waals surface area contributed by atoms with Crippen LogP contribution in [0.1, 0.15) is 140 Å². The number of fused-ring (bicyclic) bond motifs is 4. The van der Waals surface area contributed by atoms with Gasteiger partial charge in [0.05, 0.1) is 44.5 Å². The molecule has 0 atom stereocenters. The lowest BCUT2D eigenvalue weighted by Gasteiger charge is -2.28. The predicted octanol–water partition coefficient (Wildman–Crippen LogP) is 19.2. The molecule has 10 rings (SSSR count). The molecule has 0 amide bonds. The number of pyridine rings is 1. The van der Waals surface area contributed by atoms with Gasteiger partial charge in [-0.1, -0.05) is 191 Å². The van der Waals surface area contributed by atoms with E-state index in [1.165, 1.54) is 43.1 Å². The van der Waals surface area contributed by atoms with Crippen molar-refractivity contribution in [3.63, 3.8) is 0 Å². The van der Waals surface area contributed by atoms with Gasteiger partial charge in [0.25, 0.3) is 0 Å². The van der Waals surface area contributed by atoms with E-state index in [1.807, 2.05) is 53.6 Å². The fraction of sp³-hybridized carbons (Fsp3) is 0.309. The number of anilines is 4. The van der Waals surface area contributed by atoms with E-state index in [9.17, 15) is 9.60 Å². The highest BCUT2D eigenvalue weighted by Gasteiger charge is 2.32. The molecule has 0 aliphatic carbocycles. The molecule has 9 aromatic rings. The third kappa shape index (κ3) is 10.4. The van der Waals surface area contributed by atoms with Crippen molar-refractivity contribution in [3.05, 3.63) is 192 Å². The van der Waals surface area contributed by atoms with Crippen LogP contribution >= 0.6 is 0 Å². The van der Waals surface area contributed by atoms with Crippen molar-refractivity contribution in [1.29, 1.82) is 0 Å². The molecule has 0 saturated heterocycles. The van der Waals surface area contributed by atoms with Crippen molar-refractivity contribution in [2.45, 2.75) is 125 Å². The number of aromatic nitrogens is 2. The SMILES string of the molecule is [2H]c1c([2H])c([2H])c(-c2c([2H])c([2H])c([2H])c(-c3c([2H])c([2H])c([2H])c(C(C)(C)C)c3[2H])c2N2CN(c3cccc(Oc4cc(CC(C)C)c5c6cc(CCCCCCCC)ccc6n(-c6cc(C(C)(C)C)ccn6)c5c4)c3)c3ccccc32)c([2H])c1[2H]. The van der Waals surface area contributed by atoms with Gasteiger partial charge in [0.2, 0.25) is 0 Å². The van der Waals surface area contributed by atoms with Crippen molar-refractivity contribution < 1.29 is 21.2 Å². The van der Waals surface area contributed by atoms with Crippen molar-refractivity contribution in [1.82, 2.24) is 9.55 Å². The summed E-state index contributed by atoms with van der Waals surface area (Å²) in [5.74, 6) is 2.28. The van der Waals surface area contributed by atoms with Crippen molar-refractivity contribution in [2.24, 2.45) is 5.92 Å². The maximum atomic E-state index is 9.73. The van der Waals surface area contributed by atoms with E-state index < -0.39 is 71.4 Å². The average Bonchev–Trinajstić information content (AvgIpc) is 1.81. The number of ether oxygens (including phenoxy) is 1. The Balaban J connectivity index is 1.14. The van der Waals surface area contributed by atoms with E-state index >= 15 is 0 Å². The van der Waals surface area contributed by atoms with E-state index in [0.717, 1.165) is 52.6 Å². The van der Waals surface area contributed by atoms with Gasteiger partial charge in [-0.25, -0.2) is 4.98 Å². The first kappa shape index (κ1) is 36.7. The Morgan fingerprint density at radius 3 is 2.10 bits per heavy atom. The molecule has 1 aliphatic heterocycles. The second-order valence-electron chi connectivity index (χ2n) is 22.0. The van der Waals surface area contributed by atoms with Gasteiger partial charge in [0.1, 0.15) is 24.0 Å². The first-order valence-corrected chi connectivity index (χ1v) is 26.1. The van der Waals surface area contributed by atoms with Gasteiger partial charge in [-0.2, -0.15) is 0 Å². The van der Waals surface area contributed by atoms with E-state index in [2.05, 4.69) is 88.6 Å². The van der Waals surface area contributed by atoms with E-state index in [-0.39, 0.29) is 52.1 Å². The van der Waals surface area contributed by atoms with E-state index in [1.54, 1.807) is 31.7 Å². The number of benzene rings is 7. The third-order valence-electron chi connectivity index (χ3n) is 13.9. The smallest absolute Gasteiger partial charge is 0.137 e. The lowest BCUT2D eigenvalue weighted by Crippen LogP contribution is -2.25. The summed E-state index contributed by atoms with van der Waals surface area (Å²) in [6.45, 7) is 18.6. The summed E-state index contributed by atoms with van der Waals surface area (Å²) in [6, 6.07) is 23.5. The molecule has 0 radical (unpaired) electrons. The Kier molecular flexibility index (Phi) is 10.5. The maximum absolute atomic E-state index is 9.73. The minimum atomic E-state index is -0.903. The fourth-order valence-corrected chi connectivity index (χ4v) is 10.2. The molecule has 7 aromatic carbocycles. The van der Waals surface area contributed by atoms with Crippen LogP contribution in [0.4, 0.5) is 22.7 Å². The molecule has 0 N–H and O–H groups in total. The number of aryl methyl sites for hydroxylation is 1. The van der Waals surface area contributed by atoms with Crippen LogP contribution in [0.2, 0.25) is 0 Å². The fourth-order valence-electron chi connectivity index (χ4n) is 10.2. The van der Waals surface area contributed by atoms with Crippen molar-refractivity contribution in [3.8, 4) is 39.6 Å². The summed E-state index contributed by atoms with van der Waals surface area (Å²) in [4.78, 5) is 8.73. The standard InChI is InChI=1S/C68H74N4O/c1-10-11-12-13-14-16-24-48-35-36-60-59(40-48)65-51(39-47(2)3)42-56(45-63(65)72(60)64-43-53(37-38-69-64)68(7,8)9)73-55-30-22-29-54(44-55)70-46-71(62-34-20-19-33-61(62)70)66-57(49-25-17-15-18-26-49)31-23-32-58(66)50-27-21-28-52(41-50)67(4,5)6/h15,17-23,25-38,40-45,47H,10-14,16,24,39,46H2,1-9H3/i15D,17D,18D,21D,23D,25D,26D,27D,28D,31D,32D,41D. The van der Waals surface area contributed by atoms with Crippen LogP contribution < -0.4 is 14.5 Å². The molecule has 0 bridgehead atoms. The molecule has 372 valence electrons. The van der Waals surface area contributed by atoms with Gasteiger partial charge in [-0.05, 0) is 124 Å². The summed E-state index contributed by atoms with van der Waals surface area (Å²) in [5.41, 5.74) is 5.36. The summed E-state index contributed by atoms with van der Waals surface area (Å²) < 4.78 is 120. The molecule has 0 saturated carbocycles. The summed E-state index contributed by atoms with van der Waals surface area (Å²) >= 11 is 0. The third-order valence-corrected chi connectivity index (χ3v) is 13.9. The van der Waals surface area contributed by atoms with Gasteiger partial charge >= 0.3 is 0 Å². The van der Waals surface area contributed by atoms with Gasteiger partial charge in [-0.3, -0.25) is 4.57 Å². The summed E-state index contributed by atoms with van der Waals surface area (Å²) in [7, 11) is 0. The molecular formula is C68H74N4O. The Hall–Kier alpha value is -7.11. The number of nitrogens with zero attached hydrogens (tertiary/aromatic N) is 4. The number of hydrogen-bond acceptors (Lipinski definition) is 4. The summed E-state index contributed by atoms with van der Waals surface area (Å²) in [6.07, 6.45) is 11.0. The minimum Gasteiger partial charge on any atom is -0.457 e. The highest BCUT2D eigenvalue weighted by molar-refractivity contribution is 6.11. The molecule has 0 unspecified atom stereocenters. The number of hydrogen-bond donors (Lipinski definition) is 0. The highest BCUT2D eigenvalue weighted by atomic mass is 16.5. The van der Waals surface area contributed by atoms with E-state index in [0.29, 0.717) is 34.5 Å². The maximum Gasteiger partial charge on any atom is 0.137 e. The average molecular weight is 975 g/mol. The van der Waals surface area contributed by atoms with Crippen LogP contribution in [0, 0.1) is 5.92 Å². The number of rotatable bonds is 16. The molecule has 5 nitrogen and oxygen atoms in total. The van der Waals surface area contributed by atoms with Crippen LogP contribution in [-0.2, 0) is 23.7 Å². The van der Waals surface area contributed by atoms with Crippen LogP contribution in [0.3, 0.4) is 0 Å². The molecule has 2 aromatic heterocycles. The second kappa shape index (κ2) is 20.8. The molecule has 73 heavy (non-hydrogen) atoms. The molecule has 1 aliphatic rings. The van der Waals surface area contributed by atoms with Crippen molar-refractivity contribution >= 4 is 44.6 Å². The van der Waals surface area contributed by atoms with Gasteiger partial charge in [0.15, 0.2) is 0 Å². The number of para-hydroxylation sites is 3. The molecule has 3 heterocycles. The monoisotopic (exact) mass is 975 g/mol. The Labute approximate surface area is 452 Å². The lowest BCUT2D eigenvalue weighted by atomic mass is 9.85. The first-order valence-electron chi connectivity index (χ1n) is 32.1. The van der Waals surface area contributed by atoms with Gasteiger partial charge in [-0.15, -0.1) is 0 Å². The Bertz CT molecular complexity index is 4070. The topological polar surface area (TPSA) is 33.5 Å². The zero-order valence-corrected chi connectivity index (χ0v) is 43.9. The van der Waals surface area contributed by atoms with Crippen LogP contribution in [0.25, 0.3) is 49.9 Å². The van der Waals surface area contributed by atoms with Gasteiger partial charge in [0, 0.05) is 45.9 Å². The van der Waals surface area contributed by atoms with Crippen molar-refractivity contribution in [2.75, 3.05) is 16.5 Å². The van der Waals surface area contributed by atoms with E-state index in [4.69, 9.17) is 16.6 Å². The molecule has 0 spiro atoms. The number of unbranched alkanes of at least 4 members (excludes halogenated alkanes) is 5. The zero-order valence-electron chi connectivity index (χ0n) is 55.9. The largest absolute Gasteiger partial charge is 0.457 e. The summed E-state index contributed by atoms with van der Waals surface area (Å²) in [5, 5.41) is 2.34. The molecule has 0 fully saturated rings.